The second-order valence-corrected chi connectivity index (χ2v) is 15.1. The number of fused-ring (bicyclic) bond motifs is 1. The maximum absolute atomic E-state index is 14.4. The van der Waals surface area contributed by atoms with E-state index >= 15 is 0 Å². The van der Waals surface area contributed by atoms with Crippen molar-refractivity contribution in [2.75, 3.05) is 44.6 Å². The normalized spacial score (nSPS) is 23.4. The molecule has 2 aliphatic rings. The number of aliphatic hydroxyl groups excluding tert-OH is 1. The lowest BCUT2D eigenvalue weighted by molar-refractivity contribution is -0.0190. The van der Waals surface area contributed by atoms with Crippen LogP contribution in [0, 0.1) is 25.7 Å². The monoisotopic (exact) mass is 662 g/mol. The minimum Gasteiger partial charge on any atom is -0.490 e. The van der Waals surface area contributed by atoms with Crippen LogP contribution < -0.4 is 9.46 Å². The smallest absolute Gasteiger partial charge is 0.267 e. The number of aliphatic hydroxyl groups is 1. The molecule has 0 saturated heterocycles. The highest BCUT2D eigenvalue weighted by Gasteiger charge is 2.31. The van der Waals surface area contributed by atoms with Gasteiger partial charge in [-0.05, 0) is 91.0 Å². The second-order valence-electron chi connectivity index (χ2n) is 13.5. The summed E-state index contributed by atoms with van der Waals surface area (Å²) in [5, 5.41) is 14.0. The molecule has 1 aromatic heterocycles. The molecule has 258 valence electrons. The number of sulfonamides is 1. The molecule has 1 saturated carbocycles. The largest absolute Gasteiger partial charge is 0.490 e. The summed E-state index contributed by atoms with van der Waals surface area (Å²) in [5.41, 5.74) is 0.677. The third kappa shape index (κ3) is 9.45. The zero-order valence-electron chi connectivity index (χ0n) is 28.5. The second kappa shape index (κ2) is 16.4. The first-order chi connectivity index (χ1) is 21.9. The quantitative estimate of drug-likeness (QED) is 0.362. The Hall–Kier alpha value is -2.67. The third-order valence-corrected chi connectivity index (χ3v) is 11.0. The third-order valence-electron chi connectivity index (χ3n) is 9.33. The lowest BCUT2D eigenvalue weighted by Gasteiger charge is -2.36. The average Bonchev–Trinajstić information content (AvgIpc) is 3.37. The van der Waals surface area contributed by atoms with Crippen LogP contribution in [-0.2, 0) is 14.8 Å². The van der Waals surface area contributed by atoms with Crippen LogP contribution in [0.25, 0.3) is 0 Å². The predicted molar refractivity (Wildman–Crippen MR) is 178 cm³/mol. The lowest BCUT2D eigenvalue weighted by Crippen LogP contribution is -2.47. The summed E-state index contributed by atoms with van der Waals surface area (Å²) in [7, 11) is -1.88. The number of likely N-dealkylation sites (N-methyl/N-ethyl adjacent to an activating group) is 1. The Morgan fingerprint density at radius 1 is 1.09 bits per heavy atom. The molecule has 2 aromatic rings. The van der Waals surface area contributed by atoms with Crippen molar-refractivity contribution in [1.82, 2.24) is 15.0 Å². The molecule has 11 nitrogen and oxygen atoms in total. The van der Waals surface area contributed by atoms with E-state index in [9.17, 15) is 18.3 Å². The summed E-state index contributed by atoms with van der Waals surface area (Å²) in [4.78, 5) is 18.4. The Kier molecular flexibility index (Phi) is 12.9. The highest BCUT2D eigenvalue weighted by molar-refractivity contribution is 7.92. The standard InChI is InChI=1S/C34H54N4O7S/c1-23-19-38(24(2)22-39)34(40)30-18-29(36-46(41,42)33-26(4)35-45-27(33)5)15-16-31(30)44-25(3)12-10-11-17-43-32(23)21-37(6)20-28-13-8-7-9-14-28/h15-16,18,23-25,28,32,36,39H,7-14,17,19-22H2,1-6H3/t23-,24-,25+,32+/m0/s1. The number of benzene rings is 1. The molecular formula is C34H54N4O7S. The Labute approximate surface area is 275 Å². The van der Waals surface area contributed by atoms with Gasteiger partial charge in [-0.2, -0.15) is 0 Å². The van der Waals surface area contributed by atoms with Gasteiger partial charge in [0.25, 0.3) is 15.9 Å². The number of carbonyl (C=O) groups is 1. The maximum Gasteiger partial charge on any atom is 0.267 e. The number of anilines is 1. The molecule has 1 aliphatic heterocycles. The summed E-state index contributed by atoms with van der Waals surface area (Å²) in [6.45, 7) is 11.5. The van der Waals surface area contributed by atoms with E-state index < -0.39 is 16.1 Å². The van der Waals surface area contributed by atoms with Crippen molar-refractivity contribution < 1.29 is 32.3 Å². The fourth-order valence-corrected chi connectivity index (χ4v) is 8.09. The molecule has 0 bridgehead atoms. The van der Waals surface area contributed by atoms with E-state index in [0.29, 0.717) is 24.8 Å². The molecule has 46 heavy (non-hydrogen) atoms. The average molecular weight is 663 g/mol. The molecule has 12 heteroatoms. The first kappa shape index (κ1) is 36.2. The number of rotatable bonds is 9. The Morgan fingerprint density at radius 2 is 1.80 bits per heavy atom. The van der Waals surface area contributed by atoms with Crippen molar-refractivity contribution in [3.8, 4) is 5.75 Å². The van der Waals surface area contributed by atoms with Crippen LogP contribution in [0.3, 0.4) is 0 Å². The van der Waals surface area contributed by atoms with Gasteiger partial charge in [-0.25, -0.2) is 8.42 Å². The Morgan fingerprint density at radius 3 is 2.48 bits per heavy atom. The number of hydrogen-bond donors (Lipinski definition) is 2. The summed E-state index contributed by atoms with van der Waals surface area (Å²) < 4.78 is 47.1. The van der Waals surface area contributed by atoms with Crippen LogP contribution in [0.4, 0.5) is 5.69 Å². The molecule has 2 N–H and O–H groups in total. The number of amides is 1. The topological polar surface area (TPSA) is 134 Å². The van der Waals surface area contributed by atoms with Gasteiger partial charge in [0, 0.05) is 37.8 Å². The zero-order valence-corrected chi connectivity index (χ0v) is 29.3. The van der Waals surface area contributed by atoms with Crippen LogP contribution in [0.15, 0.2) is 27.6 Å². The molecule has 2 heterocycles. The van der Waals surface area contributed by atoms with E-state index in [2.05, 4.69) is 28.8 Å². The predicted octanol–water partition coefficient (Wildman–Crippen LogP) is 5.40. The van der Waals surface area contributed by atoms with Gasteiger partial charge in [0.1, 0.15) is 11.4 Å². The summed E-state index contributed by atoms with van der Waals surface area (Å²) in [5.74, 6) is 0.883. The number of aryl methyl sites for hydroxylation is 2. The summed E-state index contributed by atoms with van der Waals surface area (Å²) in [6, 6.07) is 4.25. The van der Waals surface area contributed by atoms with Crippen molar-refractivity contribution >= 4 is 21.6 Å². The molecule has 4 rings (SSSR count). The van der Waals surface area contributed by atoms with E-state index in [4.69, 9.17) is 14.0 Å². The molecule has 1 amide bonds. The maximum atomic E-state index is 14.4. The van der Waals surface area contributed by atoms with E-state index in [-0.39, 0.29) is 58.2 Å². The van der Waals surface area contributed by atoms with Gasteiger partial charge in [-0.3, -0.25) is 9.52 Å². The minimum absolute atomic E-state index is 0.0285. The molecule has 1 fully saturated rings. The Balaban J connectivity index is 1.63. The van der Waals surface area contributed by atoms with Crippen molar-refractivity contribution in [2.24, 2.45) is 11.8 Å². The van der Waals surface area contributed by atoms with E-state index in [1.807, 2.05) is 13.8 Å². The SMILES string of the molecule is Cc1noc(C)c1S(=O)(=O)Nc1ccc2c(c1)C(=O)N([C@@H](C)CO)C[C@H](C)[C@@H](CN(C)CC1CCCCC1)OCCCC[C@@H](C)O2. The highest BCUT2D eigenvalue weighted by Crippen LogP contribution is 2.31. The molecule has 0 spiro atoms. The zero-order chi connectivity index (χ0) is 33.4. The minimum atomic E-state index is -4.04. The van der Waals surface area contributed by atoms with Crippen molar-refractivity contribution in [3.63, 3.8) is 0 Å². The molecular weight excluding hydrogens is 608 g/mol. The van der Waals surface area contributed by atoms with Gasteiger partial charge in [-0.15, -0.1) is 0 Å². The van der Waals surface area contributed by atoms with Crippen molar-refractivity contribution in [3.05, 3.63) is 35.2 Å². The summed E-state index contributed by atoms with van der Waals surface area (Å²) >= 11 is 0. The lowest BCUT2D eigenvalue weighted by atomic mass is 9.89. The number of ether oxygens (including phenoxy) is 2. The first-order valence-corrected chi connectivity index (χ1v) is 18.4. The van der Waals surface area contributed by atoms with Gasteiger partial charge in [0.2, 0.25) is 0 Å². The van der Waals surface area contributed by atoms with Gasteiger partial charge in [-0.1, -0.05) is 31.3 Å². The fourth-order valence-electron chi connectivity index (χ4n) is 6.71. The molecule has 0 unspecified atom stereocenters. The number of hydrogen-bond acceptors (Lipinski definition) is 9. The summed E-state index contributed by atoms with van der Waals surface area (Å²) in [6.07, 6.45) is 8.79. The van der Waals surface area contributed by atoms with Gasteiger partial charge >= 0.3 is 0 Å². The first-order valence-electron chi connectivity index (χ1n) is 16.9. The molecule has 0 radical (unpaired) electrons. The number of aromatic nitrogens is 1. The van der Waals surface area contributed by atoms with Gasteiger partial charge < -0.3 is 28.9 Å². The van der Waals surface area contributed by atoms with E-state index in [1.165, 1.54) is 45.1 Å². The number of nitrogens with one attached hydrogen (secondary N) is 1. The van der Waals surface area contributed by atoms with Crippen molar-refractivity contribution in [1.29, 1.82) is 0 Å². The fraction of sp³-hybridized carbons (Fsp3) is 0.706. The van der Waals surface area contributed by atoms with Gasteiger partial charge in [0.05, 0.1) is 30.4 Å². The van der Waals surface area contributed by atoms with Crippen LogP contribution in [0.2, 0.25) is 0 Å². The number of carbonyl (C=O) groups excluding carboxylic acids is 1. The molecule has 4 atom stereocenters. The van der Waals surface area contributed by atoms with Gasteiger partial charge in [0.15, 0.2) is 10.7 Å². The molecule has 1 aromatic carbocycles. The van der Waals surface area contributed by atoms with E-state index in [0.717, 1.165) is 32.4 Å². The van der Waals surface area contributed by atoms with Crippen LogP contribution in [0.1, 0.15) is 93.9 Å². The molecule has 1 aliphatic carbocycles. The van der Waals surface area contributed by atoms with Crippen molar-refractivity contribution in [2.45, 2.75) is 109 Å². The van der Waals surface area contributed by atoms with Crippen LogP contribution >= 0.6 is 0 Å². The highest BCUT2D eigenvalue weighted by atomic mass is 32.2. The van der Waals surface area contributed by atoms with E-state index in [1.54, 1.807) is 24.0 Å². The van der Waals surface area contributed by atoms with Crippen LogP contribution in [-0.4, -0.2) is 92.5 Å². The number of nitrogens with zero attached hydrogens (tertiary/aromatic N) is 3. The van der Waals surface area contributed by atoms with Crippen LogP contribution in [0.5, 0.6) is 5.75 Å². The Bertz CT molecular complexity index is 1370.